The SMILES string of the molecule is CNC(C)C(N)=O.NCCC(=O)O. The molecule has 1 unspecified atom stereocenters. The lowest BCUT2D eigenvalue weighted by atomic mass is 10.3. The number of carbonyl (C=O) groups is 2. The van der Waals surface area contributed by atoms with E-state index in [0.29, 0.717) is 0 Å². The van der Waals surface area contributed by atoms with Crippen LogP contribution in [0.1, 0.15) is 13.3 Å². The van der Waals surface area contributed by atoms with Gasteiger partial charge in [-0.25, -0.2) is 0 Å². The zero-order chi connectivity index (χ0) is 10.9. The number of hydrogen-bond acceptors (Lipinski definition) is 4. The smallest absolute Gasteiger partial charge is 0.304 e. The Kier molecular flexibility index (Phi) is 9.91. The number of rotatable bonds is 4. The van der Waals surface area contributed by atoms with Gasteiger partial charge in [-0.05, 0) is 14.0 Å². The Balaban J connectivity index is 0. The van der Waals surface area contributed by atoms with Crippen LogP contribution in [-0.4, -0.2) is 36.6 Å². The summed E-state index contributed by atoms with van der Waals surface area (Å²) in [5, 5.41) is 10.5. The summed E-state index contributed by atoms with van der Waals surface area (Å²) < 4.78 is 0. The largest absolute Gasteiger partial charge is 0.481 e. The van der Waals surface area contributed by atoms with Crippen molar-refractivity contribution in [3.63, 3.8) is 0 Å². The minimum atomic E-state index is -0.836. The lowest BCUT2D eigenvalue weighted by molar-refractivity contribution is -0.136. The molecule has 6 N–H and O–H groups in total. The summed E-state index contributed by atoms with van der Waals surface area (Å²) in [5.74, 6) is -1.15. The van der Waals surface area contributed by atoms with E-state index in [1.165, 1.54) is 0 Å². The predicted molar refractivity (Wildman–Crippen MR) is 49.0 cm³/mol. The Hall–Kier alpha value is -1.14. The molecular formula is C7H17N3O3. The van der Waals surface area contributed by atoms with Crippen LogP contribution in [0.25, 0.3) is 0 Å². The summed E-state index contributed by atoms with van der Waals surface area (Å²) in [6.45, 7) is 1.94. The molecule has 0 aromatic rings. The van der Waals surface area contributed by atoms with Crippen molar-refractivity contribution in [2.24, 2.45) is 11.5 Å². The van der Waals surface area contributed by atoms with Gasteiger partial charge in [-0.1, -0.05) is 0 Å². The lowest BCUT2D eigenvalue weighted by Crippen LogP contribution is -2.36. The van der Waals surface area contributed by atoms with Gasteiger partial charge in [-0.3, -0.25) is 9.59 Å². The average molecular weight is 191 g/mol. The third-order valence-corrected chi connectivity index (χ3v) is 1.22. The molecule has 0 spiro atoms. The van der Waals surface area contributed by atoms with E-state index in [0.717, 1.165) is 0 Å². The van der Waals surface area contributed by atoms with Crippen molar-refractivity contribution >= 4 is 11.9 Å². The van der Waals surface area contributed by atoms with Gasteiger partial charge in [0.1, 0.15) is 0 Å². The maximum atomic E-state index is 10.1. The van der Waals surface area contributed by atoms with Gasteiger partial charge in [0.05, 0.1) is 12.5 Å². The molecule has 0 saturated heterocycles. The van der Waals surface area contributed by atoms with Gasteiger partial charge in [-0.15, -0.1) is 0 Å². The van der Waals surface area contributed by atoms with Crippen molar-refractivity contribution in [1.82, 2.24) is 5.32 Å². The van der Waals surface area contributed by atoms with E-state index in [4.69, 9.17) is 16.6 Å². The van der Waals surface area contributed by atoms with Crippen LogP contribution in [0.15, 0.2) is 0 Å². The summed E-state index contributed by atoms with van der Waals surface area (Å²) in [4.78, 5) is 19.6. The average Bonchev–Trinajstić information content (AvgIpc) is 2.03. The van der Waals surface area contributed by atoms with Gasteiger partial charge in [-0.2, -0.15) is 0 Å². The van der Waals surface area contributed by atoms with E-state index in [1.807, 2.05) is 0 Å². The second-order valence-corrected chi connectivity index (χ2v) is 2.35. The molecule has 0 fully saturated rings. The number of aliphatic carboxylic acids is 1. The number of primary amides is 1. The fraction of sp³-hybridized carbons (Fsp3) is 0.714. The first-order valence-electron chi connectivity index (χ1n) is 3.84. The third-order valence-electron chi connectivity index (χ3n) is 1.22. The highest BCUT2D eigenvalue weighted by atomic mass is 16.4. The highest BCUT2D eigenvalue weighted by molar-refractivity contribution is 5.79. The summed E-state index contributed by atoms with van der Waals surface area (Å²) in [6.07, 6.45) is 0.0694. The Labute approximate surface area is 77.3 Å². The van der Waals surface area contributed by atoms with Crippen molar-refractivity contribution < 1.29 is 14.7 Å². The summed E-state index contributed by atoms with van der Waals surface area (Å²) >= 11 is 0. The van der Waals surface area contributed by atoms with E-state index in [1.54, 1.807) is 14.0 Å². The standard InChI is InChI=1S/C4H10N2O.C3H7NO2/c1-3(6-2)4(5)7;4-2-1-3(5)6/h3,6H,1-2H3,(H2,5,7);1-2,4H2,(H,5,6). The van der Waals surface area contributed by atoms with E-state index in [9.17, 15) is 9.59 Å². The molecule has 0 bridgehead atoms. The fourth-order valence-corrected chi connectivity index (χ4v) is 0.266. The minimum Gasteiger partial charge on any atom is -0.481 e. The molecule has 1 atom stereocenters. The molecule has 0 aromatic carbocycles. The molecule has 1 amide bonds. The van der Waals surface area contributed by atoms with Crippen LogP contribution in [0.2, 0.25) is 0 Å². The van der Waals surface area contributed by atoms with Crippen LogP contribution >= 0.6 is 0 Å². The Morgan fingerprint density at radius 2 is 2.00 bits per heavy atom. The molecule has 0 aliphatic rings. The Morgan fingerprint density at radius 1 is 1.54 bits per heavy atom. The predicted octanol–water partition coefficient (Wildman–Crippen LogP) is -1.50. The number of carbonyl (C=O) groups excluding carboxylic acids is 1. The second-order valence-electron chi connectivity index (χ2n) is 2.35. The molecule has 0 aromatic heterocycles. The molecule has 78 valence electrons. The molecule has 13 heavy (non-hydrogen) atoms. The third kappa shape index (κ3) is 13.8. The van der Waals surface area contributed by atoms with E-state index < -0.39 is 5.97 Å². The zero-order valence-electron chi connectivity index (χ0n) is 7.91. The normalized spacial score (nSPS) is 11.0. The topological polar surface area (TPSA) is 118 Å². The molecule has 6 heteroatoms. The maximum Gasteiger partial charge on any atom is 0.304 e. The van der Waals surface area contributed by atoms with Crippen molar-refractivity contribution in [1.29, 1.82) is 0 Å². The van der Waals surface area contributed by atoms with Gasteiger partial charge < -0.3 is 21.9 Å². The number of hydrogen-bond donors (Lipinski definition) is 4. The molecule has 0 aliphatic carbocycles. The molecule has 0 aliphatic heterocycles. The van der Waals surface area contributed by atoms with Gasteiger partial charge in [0.2, 0.25) is 5.91 Å². The molecule has 0 heterocycles. The summed E-state index contributed by atoms with van der Waals surface area (Å²) in [6, 6.07) is -0.208. The van der Waals surface area contributed by atoms with Crippen LogP contribution in [-0.2, 0) is 9.59 Å². The number of carboxylic acids is 1. The van der Waals surface area contributed by atoms with Crippen molar-refractivity contribution in [3.8, 4) is 0 Å². The monoisotopic (exact) mass is 191 g/mol. The Morgan fingerprint density at radius 3 is 2.00 bits per heavy atom. The van der Waals surface area contributed by atoms with Crippen LogP contribution in [0.4, 0.5) is 0 Å². The van der Waals surface area contributed by atoms with Crippen molar-refractivity contribution in [2.75, 3.05) is 13.6 Å². The first kappa shape index (κ1) is 14.4. The number of likely N-dealkylation sites (N-methyl/N-ethyl adjacent to an activating group) is 1. The molecule has 0 radical (unpaired) electrons. The van der Waals surface area contributed by atoms with Crippen LogP contribution in [0, 0.1) is 0 Å². The first-order chi connectivity index (χ1) is 5.95. The van der Waals surface area contributed by atoms with Gasteiger partial charge in [0, 0.05) is 6.54 Å². The fourth-order valence-electron chi connectivity index (χ4n) is 0.266. The van der Waals surface area contributed by atoms with Crippen molar-refractivity contribution in [2.45, 2.75) is 19.4 Å². The minimum absolute atomic E-state index is 0.0694. The molecule has 0 saturated carbocycles. The molecule has 6 nitrogen and oxygen atoms in total. The highest BCUT2D eigenvalue weighted by Gasteiger charge is 2.01. The zero-order valence-corrected chi connectivity index (χ0v) is 7.91. The van der Waals surface area contributed by atoms with Gasteiger partial charge in [0.25, 0.3) is 0 Å². The summed E-state index contributed by atoms with van der Waals surface area (Å²) in [7, 11) is 1.69. The number of amides is 1. The quantitative estimate of drug-likeness (QED) is 0.431. The lowest BCUT2D eigenvalue weighted by Gasteiger charge is -2.01. The maximum absolute atomic E-state index is 10.1. The Bertz CT molecular complexity index is 161. The number of nitrogens with one attached hydrogen (secondary N) is 1. The highest BCUT2D eigenvalue weighted by Crippen LogP contribution is 1.71. The molecule has 0 rings (SSSR count). The van der Waals surface area contributed by atoms with Gasteiger partial charge >= 0.3 is 5.97 Å². The first-order valence-corrected chi connectivity index (χ1v) is 3.84. The van der Waals surface area contributed by atoms with E-state index in [-0.39, 0.29) is 24.9 Å². The van der Waals surface area contributed by atoms with Gasteiger partial charge in [0.15, 0.2) is 0 Å². The number of carboxylic acid groups (broad SMARTS) is 1. The molecular weight excluding hydrogens is 174 g/mol. The van der Waals surface area contributed by atoms with Crippen molar-refractivity contribution in [3.05, 3.63) is 0 Å². The van der Waals surface area contributed by atoms with Crippen LogP contribution in [0.3, 0.4) is 0 Å². The summed E-state index contributed by atoms with van der Waals surface area (Å²) in [5.41, 5.74) is 9.69. The number of nitrogens with two attached hydrogens (primary N) is 2. The van der Waals surface area contributed by atoms with E-state index in [2.05, 4.69) is 5.32 Å². The van der Waals surface area contributed by atoms with Crippen LogP contribution in [0.5, 0.6) is 0 Å². The second kappa shape index (κ2) is 8.95. The van der Waals surface area contributed by atoms with Crippen LogP contribution < -0.4 is 16.8 Å². The van der Waals surface area contributed by atoms with E-state index >= 15 is 0 Å².